The van der Waals surface area contributed by atoms with Crippen LogP contribution in [0, 0.1) is 0 Å². The van der Waals surface area contributed by atoms with Crippen LogP contribution in [0.5, 0.6) is 0 Å². The van der Waals surface area contributed by atoms with Crippen LogP contribution >= 0.6 is 11.3 Å². The normalized spacial score (nSPS) is 13.7. The van der Waals surface area contributed by atoms with Gasteiger partial charge in [-0.05, 0) is 173 Å². The SMILES string of the molecule is c1ccc(-c2ccc(N(c3ccc(-c4ccc5sc6ccccc6c5c4)cc3)c3ccc(-c4c5c(c(-c6ccccc6)c6c4CCCC6)CCCC5)cc3)cc2)cc1. The molecule has 0 amide bonds. The summed E-state index contributed by atoms with van der Waals surface area (Å²) in [4.78, 5) is 2.42. The molecule has 280 valence electrons. The van der Waals surface area contributed by atoms with Gasteiger partial charge in [0.05, 0.1) is 0 Å². The molecule has 0 saturated heterocycles. The molecule has 0 fully saturated rings. The van der Waals surface area contributed by atoms with E-state index in [2.05, 4.69) is 181 Å². The maximum absolute atomic E-state index is 2.42. The van der Waals surface area contributed by atoms with E-state index in [4.69, 9.17) is 0 Å². The Morgan fingerprint density at radius 3 is 1.22 bits per heavy atom. The van der Waals surface area contributed by atoms with Crippen molar-refractivity contribution in [2.45, 2.75) is 51.4 Å². The second-order valence-corrected chi connectivity index (χ2v) is 17.2. The molecule has 58 heavy (non-hydrogen) atoms. The van der Waals surface area contributed by atoms with Crippen LogP contribution in [0.3, 0.4) is 0 Å². The Morgan fingerprint density at radius 2 is 0.690 bits per heavy atom. The van der Waals surface area contributed by atoms with E-state index in [0.717, 1.165) is 11.4 Å². The van der Waals surface area contributed by atoms with Crippen LogP contribution in [0.15, 0.2) is 176 Å². The summed E-state index contributed by atoms with van der Waals surface area (Å²) < 4.78 is 2.68. The first-order valence-corrected chi connectivity index (χ1v) is 21.9. The van der Waals surface area contributed by atoms with Gasteiger partial charge in [-0.25, -0.2) is 0 Å². The molecule has 0 aliphatic heterocycles. The van der Waals surface area contributed by atoms with Crippen molar-refractivity contribution in [2.24, 2.45) is 0 Å². The molecule has 0 N–H and O–H groups in total. The number of hydrogen-bond acceptors (Lipinski definition) is 2. The second kappa shape index (κ2) is 14.9. The average molecular weight is 764 g/mol. The molecule has 1 nitrogen and oxygen atoms in total. The Bertz CT molecular complexity index is 2870. The Labute approximate surface area is 345 Å². The van der Waals surface area contributed by atoms with Crippen LogP contribution < -0.4 is 4.90 Å². The molecule has 0 atom stereocenters. The summed E-state index contributed by atoms with van der Waals surface area (Å²) in [6, 6.07) is 65.4. The minimum atomic E-state index is 1.15. The van der Waals surface area contributed by atoms with Crippen LogP contribution in [0.1, 0.15) is 47.9 Å². The van der Waals surface area contributed by atoms with Gasteiger partial charge in [-0.15, -0.1) is 11.3 Å². The van der Waals surface area contributed by atoms with Crippen molar-refractivity contribution in [3.05, 3.63) is 198 Å². The second-order valence-electron chi connectivity index (χ2n) is 16.1. The molecule has 0 radical (unpaired) electrons. The van der Waals surface area contributed by atoms with Crippen LogP contribution in [0.4, 0.5) is 17.1 Å². The summed E-state index contributed by atoms with van der Waals surface area (Å²) >= 11 is 1.87. The zero-order valence-electron chi connectivity index (χ0n) is 32.8. The van der Waals surface area contributed by atoms with Gasteiger partial charge >= 0.3 is 0 Å². The van der Waals surface area contributed by atoms with Crippen molar-refractivity contribution in [1.82, 2.24) is 0 Å². The molecule has 8 aromatic carbocycles. The highest BCUT2D eigenvalue weighted by atomic mass is 32.1. The fraction of sp³-hybridized carbons (Fsp3) is 0.143. The minimum absolute atomic E-state index is 1.15. The molecular weight excluding hydrogens is 719 g/mol. The summed E-state index contributed by atoms with van der Waals surface area (Å²) in [6.07, 6.45) is 9.79. The van der Waals surface area contributed by atoms with Gasteiger partial charge in [0.2, 0.25) is 0 Å². The predicted molar refractivity (Wildman–Crippen MR) is 249 cm³/mol. The Balaban J connectivity index is 1.000. The van der Waals surface area contributed by atoms with Crippen molar-refractivity contribution < 1.29 is 0 Å². The number of nitrogens with zero attached hydrogens (tertiary/aromatic N) is 1. The van der Waals surface area contributed by atoms with Crippen LogP contribution in [-0.4, -0.2) is 0 Å². The monoisotopic (exact) mass is 763 g/mol. The summed E-state index contributed by atoms with van der Waals surface area (Å²) in [5, 5.41) is 2.67. The van der Waals surface area contributed by atoms with Gasteiger partial charge in [0.1, 0.15) is 0 Å². The van der Waals surface area contributed by atoms with E-state index in [-0.39, 0.29) is 0 Å². The zero-order chi connectivity index (χ0) is 38.4. The summed E-state index contributed by atoms with van der Waals surface area (Å²) in [5.41, 5.74) is 20.7. The minimum Gasteiger partial charge on any atom is -0.311 e. The fourth-order valence-corrected chi connectivity index (χ4v) is 11.0. The van der Waals surface area contributed by atoms with Crippen molar-refractivity contribution in [3.8, 4) is 44.5 Å². The molecule has 2 aliphatic carbocycles. The van der Waals surface area contributed by atoms with E-state index in [1.165, 1.54) is 116 Å². The molecule has 0 spiro atoms. The third kappa shape index (κ3) is 6.24. The van der Waals surface area contributed by atoms with E-state index >= 15 is 0 Å². The topological polar surface area (TPSA) is 3.24 Å². The lowest BCUT2D eigenvalue weighted by Gasteiger charge is -2.32. The van der Waals surface area contributed by atoms with Crippen molar-refractivity contribution in [2.75, 3.05) is 4.90 Å². The first kappa shape index (κ1) is 35.0. The predicted octanol–water partition coefficient (Wildman–Crippen LogP) is 15.9. The molecule has 1 aromatic heterocycles. The maximum Gasteiger partial charge on any atom is 0.0462 e. The van der Waals surface area contributed by atoms with Gasteiger partial charge < -0.3 is 4.90 Å². The zero-order valence-corrected chi connectivity index (χ0v) is 33.6. The largest absolute Gasteiger partial charge is 0.311 e. The van der Waals surface area contributed by atoms with Gasteiger partial charge in [0, 0.05) is 37.2 Å². The standard InChI is InChI=1S/C56H45NS/c1-3-13-38(14-4-1)39-23-30-44(31-24-39)57(45-32-25-40(26-33-45)43-29-36-54-52(37-43)47-17-11-12-22-53(47)58-54)46-34-27-42(28-35-46)56-50-20-9-7-18-48(50)55(41-15-5-2-6-16-41)49-19-8-10-21-51(49)56/h1-6,11-17,22-37H,7-10,18-21H2. The quantitative estimate of drug-likeness (QED) is 0.156. The Kier molecular flexibility index (Phi) is 9.01. The van der Waals surface area contributed by atoms with E-state index < -0.39 is 0 Å². The smallest absolute Gasteiger partial charge is 0.0462 e. The summed E-state index contributed by atoms with van der Waals surface area (Å²) in [5.74, 6) is 0. The lowest BCUT2D eigenvalue weighted by Crippen LogP contribution is -2.15. The molecule has 0 saturated carbocycles. The first-order chi connectivity index (χ1) is 28.8. The highest BCUT2D eigenvalue weighted by Crippen LogP contribution is 2.47. The molecule has 11 rings (SSSR count). The molecule has 1 heterocycles. The van der Waals surface area contributed by atoms with Crippen molar-refractivity contribution in [3.63, 3.8) is 0 Å². The highest BCUT2D eigenvalue weighted by molar-refractivity contribution is 7.25. The number of fused-ring (bicyclic) bond motifs is 5. The Morgan fingerprint density at radius 1 is 0.310 bits per heavy atom. The van der Waals surface area contributed by atoms with Gasteiger partial charge in [-0.1, -0.05) is 121 Å². The first-order valence-electron chi connectivity index (χ1n) is 21.1. The van der Waals surface area contributed by atoms with Crippen LogP contribution in [0.2, 0.25) is 0 Å². The molecule has 2 heteroatoms. The third-order valence-electron chi connectivity index (χ3n) is 12.7. The summed E-state index contributed by atoms with van der Waals surface area (Å²) in [6.45, 7) is 0. The van der Waals surface area contributed by atoms with E-state index in [9.17, 15) is 0 Å². The molecular formula is C56H45NS. The molecule has 0 bridgehead atoms. The molecule has 9 aromatic rings. The van der Waals surface area contributed by atoms with E-state index in [0.29, 0.717) is 0 Å². The van der Waals surface area contributed by atoms with Gasteiger partial charge in [-0.2, -0.15) is 0 Å². The fourth-order valence-electron chi connectivity index (χ4n) is 9.95. The number of rotatable bonds is 7. The maximum atomic E-state index is 2.42. The Hall–Kier alpha value is -6.22. The number of anilines is 3. The molecule has 2 aliphatic rings. The van der Waals surface area contributed by atoms with Crippen LogP contribution in [0.25, 0.3) is 64.7 Å². The lowest BCUT2D eigenvalue weighted by molar-refractivity contribution is 0.662. The number of hydrogen-bond donors (Lipinski definition) is 0. The lowest BCUT2D eigenvalue weighted by atomic mass is 9.73. The van der Waals surface area contributed by atoms with Gasteiger partial charge in [0.15, 0.2) is 0 Å². The van der Waals surface area contributed by atoms with Crippen molar-refractivity contribution >= 4 is 48.6 Å². The van der Waals surface area contributed by atoms with Crippen molar-refractivity contribution in [1.29, 1.82) is 0 Å². The van der Waals surface area contributed by atoms with E-state index in [1.807, 2.05) is 11.3 Å². The van der Waals surface area contributed by atoms with E-state index in [1.54, 1.807) is 27.8 Å². The number of thiophene rings is 1. The molecule has 0 unspecified atom stereocenters. The summed E-state index contributed by atoms with van der Waals surface area (Å²) in [7, 11) is 0. The average Bonchev–Trinajstić information content (AvgIpc) is 3.68. The highest BCUT2D eigenvalue weighted by Gasteiger charge is 2.28. The number of benzene rings is 8. The van der Waals surface area contributed by atoms with Gasteiger partial charge in [0.25, 0.3) is 0 Å². The van der Waals surface area contributed by atoms with Crippen LogP contribution in [-0.2, 0) is 25.7 Å². The van der Waals surface area contributed by atoms with Gasteiger partial charge in [-0.3, -0.25) is 0 Å². The third-order valence-corrected chi connectivity index (χ3v) is 13.8.